The van der Waals surface area contributed by atoms with E-state index in [1.807, 2.05) is 19.9 Å². The van der Waals surface area contributed by atoms with Crippen LogP contribution in [-0.2, 0) is 16.9 Å². The Bertz CT molecular complexity index is 980. The minimum atomic E-state index is -1.27. The summed E-state index contributed by atoms with van der Waals surface area (Å²) in [4.78, 5) is 10.4. The summed E-state index contributed by atoms with van der Waals surface area (Å²) in [6.07, 6.45) is 6.60. The summed E-state index contributed by atoms with van der Waals surface area (Å²) >= 11 is 0. The fraction of sp³-hybridized carbons (Fsp3) is 0.455. The quantitative estimate of drug-likeness (QED) is 0.824. The van der Waals surface area contributed by atoms with E-state index in [0.717, 1.165) is 18.5 Å². The van der Waals surface area contributed by atoms with Gasteiger partial charge in [-0.05, 0) is 63.3 Å². The van der Waals surface area contributed by atoms with E-state index in [4.69, 9.17) is 9.47 Å². The van der Waals surface area contributed by atoms with Gasteiger partial charge in [0.2, 0.25) is 0 Å². The van der Waals surface area contributed by atoms with Crippen LogP contribution in [0.2, 0.25) is 0 Å². The number of hydrogen-bond donors (Lipinski definition) is 2. The predicted octanol–water partition coefficient (Wildman–Crippen LogP) is 3.55. The van der Waals surface area contributed by atoms with Crippen molar-refractivity contribution in [1.82, 2.24) is 15.3 Å². The van der Waals surface area contributed by atoms with Crippen LogP contribution in [0.4, 0.5) is 5.69 Å². The van der Waals surface area contributed by atoms with Crippen LogP contribution in [0, 0.1) is 0 Å². The first-order valence-electron chi connectivity index (χ1n) is 9.99. The molecule has 1 saturated heterocycles. The third-order valence-corrected chi connectivity index (χ3v) is 6.30. The number of benzene rings is 1. The summed E-state index contributed by atoms with van der Waals surface area (Å²) in [5, 5.41) is 13.9. The van der Waals surface area contributed by atoms with Crippen molar-refractivity contribution in [2.75, 3.05) is 4.90 Å². The van der Waals surface area contributed by atoms with Crippen LogP contribution in [0.15, 0.2) is 42.9 Å². The van der Waals surface area contributed by atoms with Crippen LogP contribution < -0.4 is 15.0 Å². The molecule has 1 saturated carbocycles. The number of ether oxygens (including phenoxy) is 2. The van der Waals surface area contributed by atoms with E-state index in [1.54, 1.807) is 24.2 Å². The van der Waals surface area contributed by atoms with Gasteiger partial charge in [-0.1, -0.05) is 12.6 Å². The first-order valence-corrected chi connectivity index (χ1v) is 9.99. The lowest BCUT2D eigenvalue weighted by Crippen LogP contribution is -2.51. The van der Waals surface area contributed by atoms with E-state index in [1.165, 1.54) is 17.5 Å². The molecule has 1 atom stereocenters. The van der Waals surface area contributed by atoms with Gasteiger partial charge in [0.25, 0.3) is 0 Å². The number of anilines is 1. The normalized spacial score (nSPS) is 26.5. The molecule has 1 aliphatic carbocycles. The van der Waals surface area contributed by atoms with E-state index < -0.39 is 11.4 Å². The number of aromatic nitrogens is 2. The summed E-state index contributed by atoms with van der Waals surface area (Å²) in [6.45, 7) is 10.4. The van der Waals surface area contributed by atoms with Gasteiger partial charge in [0.15, 0.2) is 5.85 Å². The highest BCUT2D eigenvalue weighted by Gasteiger charge is 2.48. The number of rotatable bonds is 3. The van der Waals surface area contributed by atoms with Gasteiger partial charge in [-0.2, -0.15) is 0 Å². The largest absolute Gasteiger partial charge is 0.424 e. The van der Waals surface area contributed by atoms with Crippen molar-refractivity contribution in [3.8, 4) is 11.8 Å². The average Bonchev–Trinajstić information content (AvgIpc) is 3.08. The highest BCUT2D eigenvalue weighted by molar-refractivity contribution is 5.56. The number of aliphatic hydroxyl groups is 1. The maximum atomic E-state index is 10.7. The summed E-state index contributed by atoms with van der Waals surface area (Å²) in [5.74, 6) is -0.572. The zero-order valence-electron chi connectivity index (χ0n) is 17.0. The second kappa shape index (κ2) is 6.01. The van der Waals surface area contributed by atoms with Gasteiger partial charge < -0.3 is 14.6 Å². The molecule has 7 nitrogen and oxygen atoms in total. The molecular weight excluding hydrogens is 368 g/mol. The molecule has 3 heterocycles. The molecule has 5 rings (SSSR count). The van der Waals surface area contributed by atoms with Gasteiger partial charge in [-0.15, -0.1) is 0 Å². The standard InChI is InChI=1S/C22H26N4O3/c1-14-20(2,3)25-21(4,27)26(14)16-11-23-19(24-12-16)29-17-7-6-15-13-28-22(8-5-9-22)18(15)10-17/h6-7,10-12,25,27H,1,5,8-9,13H2,2-4H3. The van der Waals surface area contributed by atoms with Crippen molar-refractivity contribution >= 4 is 5.69 Å². The molecule has 2 aromatic rings. The molecule has 1 aromatic heterocycles. The van der Waals surface area contributed by atoms with Crippen LogP contribution in [0.3, 0.4) is 0 Å². The monoisotopic (exact) mass is 394 g/mol. The number of hydrogen-bond acceptors (Lipinski definition) is 7. The molecular formula is C22H26N4O3. The van der Waals surface area contributed by atoms with Crippen molar-refractivity contribution < 1.29 is 14.6 Å². The van der Waals surface area contributed by atoms with E-state index in [-0.39, 0.29) is 11.6 Å². The predicted molar refractivity (Wildman–Crippen MR) is 108 cm³/mol. The van der Waals surface area contributed by atoms with Gasteiger partial charge in [0, 0.05) is 5.70 Å². The topological polar surface area (TPSA) is 79.7 Å². The Morgan fingerprint density at radius 1 is 1.21 bits per heavy atom. The molecule has 1 spiro atoms. The van der Waals surface area contributed by atoms with Gasteiger partial charge in [0.1, 0.15) is 5.75 Å². The van der Waals surface area contributed by atoms with Gasteiger partial charge in [-0.3, -0.25) is 10.2 Å². The maximum absolute atomic E-state index is 10.7. The van der Waals surface area contributed by atoms with Gasteiger partial charge in [0.05, 0.1) is 35.8 Å². The third-order valence-electron chi connectivity index (χ3n) is 6.30. The lowest BCUT2D eigenvalue weighted by Gasteiger charge is -2.38. The third kappa shape index (κ3) is 2.84. The van der Waals surface area contributed by atoms with Gasteiger partial charge in [-0.25, -0.2) is 9.97 Å². The van der Waals surface area contributed by atoms with E-state index in [0.29, 0.717) is 18.0 Å². The number of nitrogens with one attached hydrogen (secondary N) is 1. The molecule has 0 amide bonds. The van der Waals surface area contributed by atoms with Crippen molar-refractivity contribution in [2.45, 2.75) is 63.6 Å². The van der Waals surface area contributed by atoms with Crippen molar-refractivity contribution in [1.29, 1.82) is 0 Å². The molecule has 0 radical (unpaired) electrons. The Labute approximate surface area is 170 Å². The number of fused-ring (bicyclic) bond motifs is 2. The number of nitrogens with zero attached hydrogens (tertiary/aromatic N) is 3. The van der Waals surface area contributed by atoms with E-state index in [2.05, 4.69) is 34.0 Å². The van der Waals surface area contributed by atoms with Crippen LogP contribution in [-0.4, -0.2) is 26.5 Å². The molecule has 152 valence electrons. The first kappa shape index (κ1) is 18.5. The minimum absolute atomic E-state index is 0.110. The van der Waals surface area contributed by atoms with Crippen LogP contribution >= 0.6 is 0 Å². The average molecular weight is 394 g/mol. The molecule has 7 heteroatoms. The lowest BCUT2D eigenvalue weighted by molar-refractivity contribution is -0.0944. The SMILES string of the molecule is C=C1N(c2cnc(Oc3ccc4c(c3)C3(CCC3)OC4)nc2)C(C)(O)NC1(C)C. The summed E-state index contributed by atoms with van der Waals surface area (Å²) in [5.41, 5.74) is 3.29. The Morgan fingerprint density at radius 2 is 1.93 bits per heavy atom. The molecule has 2 aliphatic heterocycles. The molecule has 1 aromatic carbocycles. The summed E-state index contributed by atoms with van der Waals surface area (Å²) in [7, 11) is 0. The maximum Gasteiger partial charge on any atom is 0.322 e. The Kier molecular flexibility index (Phi) is 3.84. The van der Waals surface area contributed by atoms with E-state index >= 15 is 0 Å². The fourth-order valence-electron chi connectivity index (χ4n) is 4.63. The van der Waals surface area contributed by atoms with E-state index in [9.17, 15) is 5.11 Å². The first-order chi connectivity index (χ1) is 13.7. The second-order valence-corrected chi connectivity index (χ2v) is 8.83. The second-order valence-electron chi connectivity index (χ2n) is 8.83. The lowest BCUT2D eigenvalue weighted by atomic mass is 9.75. The Balaban J connectivity index is 1.37. The van der Waals surface area contributed by atoms with Crippen molar-refractivity contribution in [3.63, 3.8) is 0 Å². The molecule has 2 N–H and O–H groups in total. The van der Waals surface area contributed by atoms with Gasteiger partial charge >= 0.3 is 6.01 Å². The van der Waals surface area contributed by atoms with Crippen LogP contribution in [0.25, 0.3) is 0 Å². The zero-order valence-corrected chi connectivity index (χ0v) is 17.0. The Morgan fingerprint density at radius 3 is 2.52 bits per heavy atom. The van der Waals surface area contributed by atoms with Crippen LogP contribution in [0.1, 0.15) is 51.2 Å². The summed E-state index contributed by atoms with van der Waals surface area (Å²) in [6, 6.07) is 6.30. The fourth-order valence-corrected chi connectivity index (χ4v) is 4.63. The minimum Gasteiger partial charge on any atom is -0.424 e. The van der Waals surface area contributed by atoms with Crippen molar-refractivity contribution in [3.05, 3.63) is 54.0 Å². The molecule has 29 heavy (non-hydrogen) atoms. The highest BCUT2D eigenvalue weighted by atomic mass is 16.5. The molecule has 1 unspecified atom stereocenters. The summed E-state index contributed by atoms with van der Waals surface area (Å²) < 4.78 is 11.9. The van der Waals surface area contributed by atoms with Crippen LogP contribution in [0.5, 0.6) is 11.8 Å². The smallest absolute Gasteiger partial charge is 0.322 e. The van der Waals surface area contributed by atoms with Crippen molar-refractivity contribution in [2.24, 2.45) is 0 Å². The zero-order chi connectivity index (χ0) is 20.4. The molecule has 0 bridgehead atoms. The molecule has 2 fully saturated rings. The highest BCUT2D eigenvalue weighted by Crippen LogP contribution is 2.51. The Hall–Kier alpha value is -2.48. The molecule has 3 aliphatic rings.